The van der Waals surface area contributed by atoms with Crippen LogP contribution in [0.5, 0.6) is 0 Å². The Kier molecular flexibility index (Phi) is 10.5. The van der Waals surface area contributed by atoms with Crippen LogP contribution in [0.15, 0.2) is 0 Å². The van der Waals surface area contributed by atoms with Crippen molar-refractivity contribution in [3.63, 3.8) is 0 Å². The molecule has 3 N–H and O–H groups in total. The van der Waals surface area contributed by atoms with Crippen molar-refractivity contribution >= 4 is 48.0 Å². The van der Waals surface area contributed by atoms with E-state index in [1.54, 1.807) is 0 Å². The fourth-order valence-corrected chi connectivity index (χ4v) is 3.67. The number of piperidine rings is 1. The summed E-state index contributed by atoms with van der Waals surface area (Å²) in [7, 11) is 0. The second-order valence-electron chi connectivity index (χ2n) is 5.64. The molecule has 2 heterocycles. The van der Waals surface area contributed by atoms with Crippen molar-refractivity contribution in [1.29, 1.82) is 0 Å². The minimum atomic E-state index is -0.0507. The third kappa shape index (κ3) is 5.88. The molecule has 1 aliphatic heterocycles. The zero-order valence-electron chi connectivity index (χ0n) is 14.0. The highest BCUT2D eigenvalue weighted by Gasteiger charge is 2.29. The molecule has 0 aromatic carbocycles. The molecule has 9 heteroatoms. The van der Waals surface area contributed by atoms with Gasteiger partial charge in [0.05, 0.1) is 10.7 Å². The quantitative estimate of drug-likeness (QED) is 0.796. The molecule has 1 aromatic rings. The predicted molar refractivity (Wildman–Crippen MR) is 101 cm³/mol. The standard InChI is InChI=1S/C15H24N4O2S.2ClH/c1-10-14(22-11(2)18-10)15(21)19-8-4-3-5-12(19)9-17-13(20)6-7-16;;/h12H,3-9,16H2,1-2H3,(H,17,20);2*1H. The minimum absolute atomic E-state index is 0. The lowest BCUT2D eigenvalue weighted by Gasteiger charge is -2.35. The van der Waals surface area contributed by atoms with E-state index in [1.165, 1.54) is 11.3 Å². The first-order valence-corrected chi connectivity index (χ1v) is 8.56. The van der Waals surface area contributed by atoms with Crippen LogP contribution < -0.4 is 11.1 Å². The van der Waals surface area contributed by atoms with Crippen molar-refractivity contribution < 1.29 is 9.59 Å². The second kappa shape index (κ2) is 10.9. The van der Waals surface area contributed by atoms with Gasteiger partial charge in [-0.05, 0) is 33.1 Å². The molecule has 0 aliphatic carbocycles. The number of hydrogen-bond donors (Lipinski definition) is 2. The van der Waals surface area contributed by atoms with Gasteiger partial charge in [0, 0.05) is 32.1 Å². The average Bonchev–Trinajstić information content (AvgIpc) is 2.84. The first-order valence-electron chi connectivity index (χ1n) is 7.74. The number of halogens is 2. The van der Waals surface area contributed by atoms with Crippen LogP contribution in [0.25, 0.3) is 0 Å². The van der Waals surface area contributed by atoms with Gasteiger partial charge >= 0.3 is 0 Å². The van der Waals surface area contributed by atoms with E-state index >= 15 is 0 Å². The number of nitrogens with one attached hydrogen (secondary N) is 1. The molecule has 138 valence electrons. The van der Waals surface area contributed by atoms with Crippen molar-refractivity contribution in [2.45, 2.75) is 45.6 Å². The molecule has 1 aliphatic rings. The number of amides is 2. The summed E-state index contributed by atoms with van der Waals surface area (Å²) in [4.78, 5) is 31.3. The van der Waals surface area contributed by atoms with Crippen molar-refractivity contribution in [2.75, 3.05) is 19.6 Å². The molecule has 1 fully saturated rings. The molecule has 0 saturated carbocycles. The van der Waals surface area contributed by atoms with E-state index in [-0.39, 0.29) is 42.7 Å². The van der Waals surface area contributed by atoms with Crippen LogP contribution in [-0.2, 0) is 4.79 Å². The molecule has 1 saturated heterocycles. The number of hydrogen-bond acceptors (Lipinski definition) is 5. The van der Waals surface area contributed by atoms with Gasteiger partial charge in [-0.1, -0.05) is 0 Å². The molecule has 24 heavy (non-hydrogen) atoms. The monoisotopic (exact) mass is 396 g/mol. The lowest BCUT2D eigenvalue weighted by atomic mass is 10.0. The molecule has 2 rings (SSSR count). The topological polar surface area (TPSA) is 88.3 Å². The van der Waals surface area contributed by atoms with Gasteiger partial charge in [-0.25, -0.2) is 4.98 Å². The molecule has 6 nitrogen and oxygen atoms in total. The van der Waals surface area contributed by atoms with E-state index in [4.69, 9.17) is 5.73 Å². The third-order valence-electron chi connectivity index (χ3n) is 3.89. The first kappa shape index (κ1) is 23.1. The van der Waals surface area contributed by atoms with Crippen LogP contribution in [-0.4, -0.2) is 47.4 Å². The highest BCUT2D eigenvalue weighted by molar-refractivity contribution is 7.13. The number of nitrogens with zero attached hydrogens (tertiary/aromatic N) is 2. The van der Waals surface area contributed by atoms with Crippen molar-refractivity contribution in [2.24, 2.45) is 5.73 Å². The molecular formula is C15H26Cl2N4O2S. The van der Waals surface area contributed by atoms with Gasteiger partial charge in [0.15, 0.2) is 0 Å². The Morgan fingerprint density at radius 2 is 2.04 bits per heavy atom. The van der Waals surface area contributed by atoms with Gasteiger partial charge in [0.25, 0.3) is 5.91 Å². The summed E-state index contributed by atoms with van der Waals surface area (Å²) in [6.45, 7) is 5.38. The van der Waals surface area contributed by atoms with Crippen molar-refractivity contribution in [3.8, 4) is 0 Å². The summed E-state index contributed by atoms with van der Waals surface area (Å²) in [6, 6.07) is 0.0600. The maximum atomic E-state index is 12.8. The molecule has 0 spiro atoms. The van der Waals surface area contributed by atoms with Crippen LogP contribution in [0.3, 0.4) is 0 Å². The van der Waals surface area contributed by atoms with Crippen LogP contribution in [0, 0.1) is 13.8 Å². The van der Waals surface area contributed by atoms with E-state index in [2.05, 4.69) is 10.3 Å². The molecule has 0 bridgehead atoms. The Bertz CT molecular complexity index is 554. The fraction of sp³-hybridized carbons (Fsp3) is 0.667. The van der Waals surface area contributed by atoms with Gasteiger partial charge in [-0.15, -0.1) is 36.2 Å². The summed E-state index contributed by atoms with van der Waals surface area (Å²) in [5.41, 5.74) is 6.17. The van der Waals surface area contributed by atoms with Crippen LogP contribution in [0.1, 0.15) is 46.1 Å². The molecular weight excluding hydrogens is 371 g/mol. The van der Waals surface area contributed by atoms with Gasteiger partial charge < -0.3 is 16.0 Å². The van der Waals surface area contributed by atoms with E-state index in [9.17, 15) is 9.59 Å². The lowest BCUT2D eigenvalue weighted by molar-refractivity contribution is -0.121. The molecule has 1 atom stereocenters. The number of carbonyl (C=O) groups is 2. The number of thiazole rings is 1. The highest BCUT2D eigenvalue weighted by Crippen LogP contribution is 2.24. The molecule has 1 unspecified atom stereocenters. The summed E-state index contributed by atoms with van der Waals surface area (Å²) in [5, 5.41) is 3.79. The Morgan fingerprint density at radius 3 is 2.62 bits per heavy atom. The average molecular weight is 397 g/mol. The first-order chi connectivity index (χ1) is 10.5. The number of aromatic nitrogens is 1. The summed E-state index contributed by atoms with van der Waals surface area (Å²) < 4.78 is 0. The number of aryl methyl sites for hydroxylation is 2. The Morgan fingerprint density at radius 1 is 1.33 bits per heavy atom. The van der Waals surface area contributed by atoms with Crippen LogP contribution in [0.2, 0.25) is 0 Å². The zero-order chi connectivity index (χ0) is 16.1. The SMILES string of the molecule is Cc1nc(C)c(C(=O)N2CCCCC2CNC(=O)CCN)s1.Cl.Cl. The van der Waals surface area contributed by atoms with Gasteiger partial charge in [0.1, 0.15) is 4.88 Å². The lowest BCUT2D eigenvalue weighted by Crippen LogP contribution is -2.49. The second-order valence-corrected chi connectivity index (χ2v) is 6.84. The molecule has 2 amide bonds. The Labute approximate surface area is 159 Å². The minimum Gasteiger partial charge on any atom is -0.354 e. The Hall–Kier alpha value is -0.890. The summed E-state index contributed by atoms with van der Waals surface area (Å²) >= 11 is 1.44. The highest BCUT2D eigenvalue weighted by atomic mass is 35.5. The third-order valence-corrected chi connectivity index (χ3v) is 4.95. The normalized spacial score (nSPS) is 16.8. The van der Waals surface area contributed by atoms with E-state index in [0.717, 1.165) is 41.4 Å². The number of carbonyl (C=O) groups excluding carboxylic acids is 2. The molecule has 1 aromatic heterocycles. The predicted octanol–water partition coefficient (Wildman–Crippen LogP) is 2.06. The number of rotatable bonds is 5. The van der Waals surface area contributed by atoms with Crippen LogP contribution >= 0.6 is 36.2 Å². The Balaban J connectivity index is 0.00000264. The van der Waals surface area contributed by atoms with Crippen LogP contribution in [0.4, 0.5) is 0 Å². The zero-order valence-corrected chi connectivity index (χ0v) is 16.5. The van der Waals surface area contributed by atoms with Gasteiger partial charge in [0.2, 0.25) is 5.91 Å². The smallest absolute Gasteiger partial charge is 0.266 e. The van der Waals surface area contributed by atoms with Gasteiger partial charge in [-0.3, -0.25) is 9.59 Å². The molecule has 0 radical (unpaired) electrons. The van der Waals surface area contributed by atoms with E-state index < -0.39 is 0 Å². The number of nitrogens with two attached hydrogens (primary N) is 1. The van der Waals surface area contributed by atoms with Gasteiger partial charge in [-0.2, -0.15) is 0 Å². The van der Waals surface area contributed by atoms with E-state index in [0.29, 0.717) is 19.5 Å². The summed E-state index contributed by atoms with van der Waals surface area (Å²) in [5.74, 6) is -0.00818. The maximum absolute atomic E-state index is 12.8. The summed E-state index contributed by atoms with van der Waals surface area (Å²) in [6.07, 6.45) is 3.34. The number of likely N-dealkylation sites (tertiary alicyclic amines) is 1. The fourth-order valence-electron chi connectivity index (χ4n) is 2.79. The largest absolute Gasteiger partial charge is 0.354 e. The van der Waals surface area contributed by atoms with E-state index in [1.807, 2.05) is 18.7 Å². The van der Waals surface area contributed by atoms with Crippen molar-refractivity contribution in [1.82, 2.24) is 15.2 Å². The van der Waals surface area contributed by atoms with Crippen molar-refractivity contribution in [3.05, 3.63) is 15.6 Å². The maximum Gasteiger partial charge on any atom is 0.266 e.